The summed E-state index contributed by atoms with van der Waals surface area (Å²) in [7, 11) is 0. The second-order valence-corrected chi connectivity index (χ2v) is 11.8. The molecule has 1 aromatic rings. The van der Waals surface area contributed by atoms with Gasteiger partial charge in [0.05, 0.1) is 5.56 Å². The number of nitrogens with one attached hydrogen (secondary N) is 1. The van der Waals surface area contributed by atoms with Crippen molar-refractivity contribution in [2.24, 2.45) is 9.98 Å². The zero-order chi connectivity index (χ0) is 26.8. The van der Waals surface area contributed by atoms with Crippen LogP contribution in [0.2, 0.25) is 0 Å². The van der Waals surface area contributed by atoms with Gasteiger partial charge in [0.2, 0.25) is 5.91 Å². The number of nitrogens with zero attached hydrogens (tertiary/aromatic N) is 5. The van der Waals surface area contributed by atoms with E-state index in [9.17, 15) is 14.4 Å². The molecule has 3 heterocycles. The molecule has 0 saturated heterocycles. The highest BCUT2D eigenvalue weighted by molar-refractivity contribution is 8.13. The first-order valence-corrected chi connectivity index (χ1v) is 15.5. The van der Waals surface area contributed by atoms with Crippen LogP contribution in [-0.4, -0.2) is 68.1 Å². The molecule has 4 aliphatic rings. The van der Waals surface area contributed by atoms with E-state index in [0.29, 0.717) is 25.2 Å². The van der Waals surface area contributed by atoms with Crippen molar-refractivity contribution in [1.82, 2.24) is 19.7 Å². The minimum Gasteiger partial charge on any atom is -0.335 e. The van der Waals surface area contributed by atoms with E-state index in [2.05, 4.69) is 21.8 Å². The third-order valence-electron chi connectivity index (χ3n) is 8.55. The monoisotopic (exact) mass is 540 g/mol. The molecule has 1 aromatic heterocycles. The summed E-state index contributed by atoms with van der Waals surface area (Å²) in [6, 6.07) is -0.0150. The maximum absolute atomic E-state index is 13.5. The molecule has 0 unspecified atom stereocenters. The highest BCUT2D eigenvalue weighted by atomic mass is 32.2. The number of amides is 4. The zero-order valence-corrected chi connectivity index (χ0v) is 23.7. The average molecular weight is 541 g/mol. The number of aliphatic imine (C=N–C) groups is 2. The third-order valence-corrected chi connectivity index (χ3v) is 9.23. The Bertz CT molecular complexity index is 1160. The fourth-order valence-electron chi connectivity index (χ4n) is 6.40. The number of carbonyl (C=O) groups excluding carboxylic acids is 3. The molecule has 5 rings (SSSR count). The quantitative estimate of drug-likeness (QED) is 0.545. The van der Waals surface area contributed by atoms with Crippen LogP contribution in [-0.2, 0) is 16.1 Å². The second-order valence-electron chi connectivity index (χ2n) is 11.0. The summed E-state index contributed by atoms with van der Waals surface area (Å²) in [5, 5.41) is 3.95. The molecule has 1 N–H and O–H groups in total. The maximum atomic E-state index is 13.5. The van der Waals surface area contributed by atoms with Gasteiger partial charge in [0.15, 0.2) is 5.17 Å². The van der Waals surface area contributed by atoms with Crippen molar-refractivity contribution in [2.45, 2.75) is 110 Å². The van der Waals surface area contributed by atoms with Gasteiger partial charge in [-0.1, -0.05) is 50.3 Å². The van der Waals surface area contributed by atoms with Gasteiger partial charge in [-0.15, -0.1) is 0 Å². The Balaban J connectivity index is 1.30. The van der Waals surface area contributed by atoms with Crippen molar-refractivity contribution in [3.8, 4) is 0 Å². The molecule has 0 spiro atoms. The van der Waals surface area contributed by atoms with Crippen molar-refractivity contribution >= 4 is 46.4 Å². The first kappa shape index (κ1) is 27.0. The van der Waals surface area contributed by atoms with Gasteiger partial charge < -0.3 is 9.88 Å². The van der Waals surface area contributed by atoms with Crippen molar-refractivity contribution < 1.29 is 14.4 Å². The average Bonchev–Trinajstić information content (AvgIpc) is 3.42. The fourth-order valence-corrected chi connectivity index (χ4v) is 6.95. The number of hydrogen-bond acceptors (Lipinski definition) is 6. The first-order valence-electron chi connectivity index (χ1n) is 14.2. The minimum absolute atomic E-state index is 0.000736. The van der Waals surface area contributed by atoms with Gasteiger partial charge in [0.25, 0.3) is 5.91 Å². The molecule has 206 valence electrons. The summed E-state index contributed by atoms with van der Waals surface area (Å²) >= 11 is 1.50. The van der Waals surface area contributed by atoms with Crippen molar-refractivity contribution in [3.63, 3.8) is 0 Å². The van der Waals surface area contributed by atoms with Crippen LogP contribution in [0.25, 0.3) is 0 Å². The Morgan fingerprint density at radius 3 is 2.39 bits per heavy atom. The van der Waals surface area contributed by atoms with Crippen LogP contribution in [0.4, 0.5) is 10.6 Å². The molecular formula is C28H40N6O3S. The van der Waals surface area contributed by atoms with Gasteiger partial charge in [-0.05, 0) is 57.8 Å². The van der Waals surface area contributed by atoms with Crippen LogP contribution in [0.5, 0.6) is 0 Å². The van der Waals surface area contributed by atoms with Gasteiger partial charge in [-0.25, -0.2) is 9.79 Å². The molecule has 10 heteroatoms. The lowest BCUT2D eigenvalue weighted by atomic mass is 9.93. The highest BCUT2D eigenvalue weighted by Crippen LogP contribution is 2.37. The molecule has 0 atom stereocenters. The predicted molar refractivity (Wildman–Crippen MR) is 151 cm³/mol. The van der Waals surface area contributed by atoms with Gasteiger partial charge in [-0.3, -0.25) is 19.4 Å². The topological polar surface area (TPSA) is 99.4 Å². The SMILES string of the molecule is CSC1=Nc2c(c(C)c(C)n2CCCC(=O)N(C(=O)NC2CCCCC2)C2CCCCC2)C2=NC(=O)CN12. The van der Waals surface area contributed by atoms with Gasteiger partial charge in [-0.2, -0.15) is 4.99 Å². The van der Waals surface area contributed by atoms with Gasteiger partial charge in [0.1, 0.15) is 18.2 Å². The lowest BCUT2D eigenvalue weighted by Gasteiger charge is -2.34. The second kappa shape index (κ2) is 11.6. The number of aromatic nitrogens is 1. The first-order chi connectivity index (χ1) is 18.4. The van der Waals surface area contributed by atoms with Crippen LogP contribution >= 0.6 is 11.8 Å². The highest BCUT2D eigenvalue weighted by Gasteiger charge is 2.37. The number of thioether (sulfide) groups is 1. The standard InChI is InChI=1S/C28H40N6O3S/c1-18-19(2)32(26-24(18)25-30-22(35)17-33(25)28(31-26)38-3)16-10-15-23(36)34(21-13-8-5-9-14-21)27(37)29-20-11-6-4-7-12-20/h20-21H,4-17H2,1-3H3,(H,29,37). The molecular weight excluding hydrogens is 500 g/mol. The Morgan fingerprint density at radius 2 is 1.71 bits per heavy atom. The summed E-state index contributed by atoms with van der Waals surface area (Å²) < 4.78 is 2.14. The maximum Gasteiger partial charge on any atom is 0.324 e. The minimum atomic E-state index is -0.197. The predicted octanol–water partition coefficient (Wildman–Crippen LogP) is 5.04. The summed E-state index contributed by atoms with van der Waals surface area (Å²) in [4.78, 5) is 51.7. The van der Waals surface area contributed by atoms with Crippen LogP contribution in [0.1, 0.15) is 93.9 Å². The number of rotatable bonds is 6. The van der Waals surface area contributed by atoms with E-state index in [-0.39, 0.29) is 36.5 Å². The number of carbonyl (C=O) groups is 3. The van der Waals surface area contributed by atoms with Gasteiger partial charge in [0, 0.05) is 30.7 Å². The molecule has 4 amide bonds. The van der Waals surface area contributed by atoms with Crippen LogP contribution in [0.15, 0.2) is 9.98 Å². The molecule has 2 aliphatic carbocycles. The molecule has 2 fully saturated rings. The molecule has 0 radical (unpaired) electrons. The number of hydrogen-bond donors (Lipinski definition) is 1. The molecule has 2 saturated carbocycles. The summed E-state index contributed by atoms with van der Waals surface area (Å²) in [6.07, 6.45) is 13.5. The van der Waals surface area contributed by atoms with Crippen molar-refractivity contribution in [1.29, 1.82) is 0 Å². The molecule has 9 nitrogen and oxygen atoms in total. The van der Waals surface area contributed by atoms with E-state index in [0.717, 1.165) is 79.2 Å². The van der Waals surface area contributed by atoms with E-state index < -0.39 is 0 Å². The normalized spacial score (nSPS) is 20.1. The van der Waals surface area contributed by atoms with E-state index in [1.54, 1.807) is 4.90 Å². The smallest absolute Gasteiger partial charge is 0.324 e. The number of amidine groups is 2. The zero-order valence-electron chi connectivity index (χ0n) is 22.9. The Morgan fingerprint density at radius 1 is 1.03 bits per heavy atom. The number of urea groups is 1. The Labute approximate surface area is 229 Å². The van der Waals surface area contributed by atoms with Gasteiger partial charge >= 0.3 is 6.03 Å². The summed E-state index contributed by atoms with van der Waals surface area (Å²) in [5.41, 5.74) is 3.03. The summed E-state index contributed by atoms with van der Waals surface area (Å²) in [6.45, 7) is 4.94. The van der Waals surface area contributed by atoms with E-state index in [1.165, 1.54) is 24.6 Å². The third kappa shape index (κ3) is 5.28. The van der Waals surface area contributed by atoms with Crippen LogP contribution < -0.4 is 5.32 Å². The Kier molecular flexibility index (Phi) is 8.26. The van der Waals surface area contributed by atoms with Crippen molar-refractivity contribution in [3.05, 3.63) is 16.8 Å². The fraction of sp³-hybridized carbons (Fsp3) is 0.679. The Hall–Kier alpha value is -2.62. The van der Waals surface area contributed by atoms with Crippen molar-refractivity contribution in [2.75, 3.05) is 12.8 Å². The molecule has 2 aliphatic heterocycles. The van der Waals surface area contributed by atoms with E-state index >= 15 is 0 Å². The van der Waals surface area contributed by atoms with Crippen LogP contribution in [0.3, 0.4) is 0 Å². The lowest BCUT2D eigenvalue weighted by Crippen LogP contribution is -2.52. The van der Waals surface area contributed by atoms with E-state index in [4.69, 9.17) is 4.99 Å². The number of imide groups is 1. The number of fused-ring (bicyclic) bond motifs is 3. The largest absolute Gasteiger partial charge is 0.335 e. The molecule has 0 bridgehead atoms. The van der Waals surface area contributed by atoms with Crippen LogP contribution in [0, 0.1) is 13.8 Å². The molecule has 38 heavy (non-hydrogen) atoms. The molecule has 0 aromatic carbocycles. The van der Waals surface area contributed by atoms with E-state index in [1.807, 2.05) is 18.1 Å². The lowest BCUT2D eigenvalue weighted by molar-refractivity contribution is -0.130. The summed E-state index contributed by atoms with van der Waals surface area (Å²) in [5.74, 6) is 1.26.